The maximum Gasteiger partial charge on any atom is 0.255 e. The number of pyridine rings is 2. The summed E-state index contributed by atoms with van der Waals surface area (Å²) in [5.74, 6) is 2.73. The zero-order chi connectivity index (χ0) is 24.9. The van der Waals surface area contributed by atoms with Crippen molar-refractivity contribution in [2.75, 3.05) is 21.3 Å². The number of nitrogens with one attached hydrogen (secondary N) is 1. The Morgan fingerprint density at radius 3 is 2.44 bits per heavy atom. The van der Waals surface area contributed by atoms with E-state index in [1.807, 2.05) is 36.4 Å². The molecule has 2 aromatic carbocycles. The molecule has 7 rings (SSSR count). The first-order valence-electron chi connectivity index (χ1n) is 12.0. The number of aromatic amines is 1. The quantitative estimate of drug-likeness (QED) is 0.455. The summed E-state index contributed by atoms with van der Waals surface area (Å²) in [5, 5.41) is 1.71. The number of rotatable bonds is 3. The second-order valence-corrected chi connectivity index (χ2v) is 10.2. The fourth-order valence-electron chi connectivity index (χ4n) is 6.70. The molecule has 8 heteroatoms. The fraction of sp³-hybridized carbons (Fsp3) is 0.357. The summed E-state index contributed by atoms with van der Waals surface area (Å²) in [6.45, 7) is 4.14. The lowest BCUT2D eigenvalue weighted by atomic mass is 9.52. The van der Waals surface area contributed by atoms with E-state index in [1.54, 1.807) is 21.3 Å². The Hall–Kier alpha value is -3.94. The molecule has 4 heterocycles. The molecule has 0 saturated heterocycles. The van der Waals surface area contributed by atoms with E-state index in [1.165, 1.54) is 0 Å². The Labute approximate surface area is 207 Å². The fourth-order valence-corrected chi connectivity index (χ4v) is 6.70. The summed E-state index contributed by atoms with van der Waals surface area (Å²) in [5.41, 5.74) is 2.26. The molecule has 2 aromatic heterocycles. The van der Waals surface area contributed by atoms with Crippen LogP contribution in [0.4, 0.5) is 0 Å². The van der Waals surface area contributed by atoms with E-state index in [9.17, 15) is 4.79 Å². The average molecular weight is 487 g/mol. The van der Waals surface area contributed by atoms with E-state index in [-0.39, 0.29) is 29.4 Å². The van der Waals surface area contributed by atoms with Gasteiger partial charge in [0.05, 0.1) is 38.0 Å². The van der Waals surface area contributed by atoms with Crippen molar-refractivity contribution in [3.63, 3.8) is 0 Å². The molecule has 1 N–H and O–H groups in total. The van der Waals surface area contributed by atoms with Crippen molar-refractivity contribution in [2.24, 2.45) is 5.92 Å². The first kappa shape index (κ1) is 21.4. The smallest absolute Gasteiger partial charge is 0.255 e. The van der Waals surface area contributed by atoms with E-state index in [0.29, 0.717) is 40.0 Å². The van der Waals surface area contributed by atoms with Crippen LogP contribution in [0, 0.1) is 5.92 Å². The second-order valence-electron chi connectivity index (χ2n) is 10.2. The van der Waals surface area contributed by atoms with Gasteiger partial charge in [0.25, 0.3) is 5.56 Å². The van der Waals surface area contributed by atoms with Gasteiger partial charge in [0.2, 0.25) is 5.88 Å². The van der Waals surface area contributed by atoms with E-state index < -0.39 is 5.60 Å². The highest BCUT2D eigenvalue weighted by atomic mass is 16.5. The highest BCUT2D eigenvalue weighted by Gasteiger charge is 2.67. The van der Waals surface area contributed by atoms with Crippen LogP contribution in [0.1, 0.15) is 36.8 Å². The van der Waals surface area contributed by atoms with Crippen LogP contribution in [0.5, 0.6) is 28.9 Å². The number of aromatic nitrogens is 2. The standard InChI is InChI=1S/C28H26N2O6/c1-28(2)20-16(18-23(36-28)12-8-6-7-9-14(12)29-26(18)31)17-19-22(33-4)13-10-11-15(32-3)24(34-5)21(13)30-27(19)35-25(17)20/h6-11,16-17,20,25H,1-5H3,(H,29,31). The van der Waals surface area contributed by atoms with Crippen molar-refractivity contribution in [1.82, 2.24) is 9.97 Å². The van der Waals surface area contributed by atoms with Gasteiger partial charge in [0, 0.05) is 28.5 Å². The Kier molecular flexibility index (Phi) is 4.19. The lowest BCUT2D eigenvalue weighted by molar-refractivity contribution is -0.109. The lowest BCUT2D eigenvalue weighted by Gasteiger charge is -2.56. The van der Waals surface area contributed by atoms with Crippen LogP contribution in [0.3, 0.4) is 0 Å². The highest BCUT2D eigenvalue weighted by Crippen LogP contribution is 2.68. The van der Waals surface area contributed by atoms with Crippen LogP contribution in [0.25, 0.3) is 21.8 Å². The summed E-state index contributed by atoms with van der Waals surface area (Å²) in [4.78, 5) is 21.4. The summed E-state index contributed by atoms with van der Waals surface area (Å²) in [7, 11) is 4.83. The van der Waals surface area contributed by atoms with E-state index in [0.717, 1.165) is 21.9 Å². The Bertz CT molecular complexity index is 1640. The minimum atomic E-state index is -0.551. The normalized spacial score (nSPS) is 24.5. The van der Waals surface area contributed by atoms with Gasteiger partial charge >= 0.3 is 0 Å². The van der Waals surface area contributed by atoms with Crippen molar-refractivity contribution in [3.8, 4) is 28.9 Å². The molecule has 1 fully saturated rings. The van der Waals surface area contributed by atoms with Gasteiger partial charge in [-0.25, -0.2) is 4.98 Å². The number of benzene rings is 2. The third kappa shape index (κ3) is 2.49. The topological polar surface area (TPSA) is 91.9 Å². The minimum absolute atomic E-state index is 0.0317. The minimum Gasteiger partial charge on any atom is -0.496 e. The second kappa shape index (κ2) is 7.06. The Morgan fingerprint density at radius 2 is 1.69 bits per heavy atom. The average Bonchev–Trinajstić information content (AvgIpc) is 3.16. The summed E-state index contributed by atoms with van der Waals surface area (Å²) < 4.78 is 30.2. The van der Waals surface area contributed by atoms with Gasteiger partial charge in [0.1, 0.15) is 28.7 Å². The number of ether oxygens (including phenoxy) is 5. The van der Waals surface area contributed by atoms with Gasteiger partial charge in [-0.3, -0.25) is 4.79 Å². The molecule has 8 nitrogen and oxygen atoms in total. The van der Waals surface area contributed by atoms with E-state index in [4.69, 9.17) is 28.7 Å². The highest BCUT2D eigenvalue weighted by molar-refractivity contribution is 5.94. The van der Waals surface area contributed by atoms with E-state index in [2.05, 4.69) is 18.8 Å². The number of nitrogens with zero attached hydrogens (tertiary/aromatic N) is 1. The molecule has 0 spiro atoms. The van der Waals surface area contributed by atoms with Crippen molar-refractivity contribution < 1.29 is 23.7 Å². The maximum absolute atomic E-state index is 13.4. The molecule has 1 aliphatic carbocycles. The number of hydrogen-bond acceptors (Lipinski definition) is 7. The van der Waals surface area contributed by atoms with Gasteiger partial charge in [-0.1, -0.05) is 12.1 Å². The van der Waals surface area contributed by atoms with Crippen molar-refractivity contribution in [2.45, 2.75) is 37.4 Å². The van der Waals surface area contributed by atoms with Gasteiger partial charge in [-0.05, 0) is 38.1 Å². The molecule has 0 amide bonds. The van der Waals surface area contributed by atoms with Crippen molar-refractivity contribution >= 4 is 21.8 Å². The molecular formula is C28H26N2O6. The molecule has 0 radical (unpaired) electrons. The number of methoxy groups -OCH3 is 3. The summed E-state index contributed by atoms with van der Waals surface area (Å²) in [6.07, 6.45) is -0.190. The zero-order valence-electron chi connectivity index (χ0n) is 20.7. The van der Waals surface area contributed by atoms with Crippen LogP contribution >= 0.6 is 0 Å². The van der Waals surface area contributed by atoms with Crippen molar-refractivity contribution in [1.29, 1.82) is 0 Å². The lowest BCUT2D eigenvalue weighted by Crippen LogP contribution is -2.62. The summed E-state index contributed by atoms with van der Waals surface area (Å²) >= 11 is 0. The third-order valence-electron chi connectivity index (χ3n) is 8.13. The predicted molar refractivity (Wildman–Crippen MR) is 134 cm³/mol. The monoisotopic (exact) mass is 486 g/mol. The molecule has 184 valence electrons. The van der Waals surface area contributed by atoms with Crippen LogP contribution in [0.2, 0.25) is 0 Å². The van der Waals surface area contributed by atoms with Gasteiger partial charge in [-0.2, -0.15) is 0 Å². The largest absolute Gasteiger partial charge is 0.496 e. The van der Waals surface area contributed by atoms with Crippen LogP contribution < -0.4 is 29.2 Å². The maximum atomic E-state index is 13.4. The molecule has 0 bridgehead atoms. The molecule has 4 atom stereocenters. The molecule has 1 saturated carbocycles. The Morgan fingerprint density at radius 1 is 0.917 bits per heavy atom. The Balaban J connectivity index is 1.49. The number of para-hydroxylation sites is 1. The molecular weight excluding hydrogens is 460 g/mol. The molecule has 3 aliphatic rings. The third-order valence-corrected chi connectivity index (χ3v) is 8.13. The van der Waals surface area contributed by atoms with Gasteiger partial charge in [-0.15, -0.1) is 0 Å². The zero-order valence-corrected chi connectivity index (χ0v) is 20.7. The SMILES string of the molecule is COc1ccc2c(OC)c3c(nc2c1OC)OC1C3C2c3c(c4ccccc4[nH]c3=O)OC(C)(C)C12. The predicted octanol–water partition coefficient (Wildman–Crippen LogP) is 4.53. The van der Waals surface area contributed by atoms with E-state index >= 15 is 0 Å². The first-order chi connectivity index (χ1) is 17.4. The van der Waals surface area contributed by atoms with Gasteiger partial charge < -0.3 is 28.7 Å². The van der Waals surface area contributed by atoms with Crippen LogP contribution in [-0.2, 0) is 0 Å². The number of fused-ring (bicyclic) bond motifs is 11. The molecule has 4 aromatic rings. The first-order valence-corrected chi connectivity index (χ1v) is 12.0. The molecule has 2 aliphatic heterocycles. The number of H-pyrrole nitrogens is 1. The molecule has 36 heavy (non-hydrogen) atoms. The summed E-state index contributed by atoms with van der Waals surface area (Å²) in [6, 6.07) is 11.5. The van der Waals surface area contributed by atoms with Crippen molar-refractivity contribution in [3.05, 3.63) is 57.9 Å². The molecule has 4 unspecified atom stereocenters. The number of hydrogen-bond donors (Lipinski definition) is 1. The van der Waals surface area contributed by atoms with Crippen LogP contribution in [-0.4, -0.2) is 43.0 Å². The van der Waals surface area contributed by atoms with Gasteiger partial charge in [0.15, 0.2) is 11.5 Å². The van der Waals surface area contributed by atoms with Crippen LogP contribution in [0.15, 0.2) is 41.2 Å².